The number of aliphatic hydroxyl groups excluding tert-OH is 2. The van der Waals surface area contributed by atoms with Gasteiger partial charge >= 0.3 is 5.97 Å². The zero-order valence-electron chi connectivity index (χ0n) is 39.7. The van der Waals surface area contributed by atoms with Gasteiger partial charge in [0.1, 0.15) is 0 Å². The normalized spacial score (nSPS) is 12.7. The van der Waals surface area contributed by atoms with E-state index in [1.807, 2.05) is 6.08 Å². The topological polar surface area (TPSA) is 95.9 Å². The molecule has 1 amide bonds. The summed E-state index contributed by atoms with van der Waals surface area (Å²) in [7, 11) is 0. The number of allylic oxidation sites excluding steroid dienone is 1. The smallest absolute Gasteiger partial charge is 0.305 e. The molecule has 3 N–H and O–H groups in total. The molecule has 0 aromatic carbocycles. The number of hydrogen-bond donors (Lipinski definition) is 3. The van der Waals surface area contributed by atoms with Crippen molar-refractivity contribution in [2.75, 3.05) is 13.2 Å². The molecule has 0 saturated carbocycles. The fourth-order valence-electron chi connectivity index (χ4n) is 8.22. The molecule has 0 aliphatic carbocycles. The van der Waals surface area contributed by atoms with Gasteiger partial charge in [-0.25, -0.2) is 0 Å². The van der Waals surface area contributed by atoms with Crippen LogP contribution >= 0.6 is 0 Å². The number of ether oxygens (including phenoxy) is 1. The van der Waals surface area contributed by atoms with E-state index >= 15 is 0 Å². The molecule has 6 nitrogen and oxygen atoms in total. The summed E-state index contributed by atoms with van der Waals surface area (Å²) in [6.07, 6.45) is 56.5. The predicted octanol–water partition coefficient (Wildman–Crippen LogP) is 15.7. The van der Waals surface area contributed by atoms with Crippen molar-refractivity contribution in [3.63, 3.8) is 0 Å². The fourth-order valence-corrected chi connectivity index (χ4v) is 8.22. The molecule has 0 spiro atoms. The van der Waals surface area contributed by atoms with Crippen molar-refractivity contribution < 1.29 is 24.5 Å². The summed E-state index contributed by atoms with van der Waals surface area (Å²) in [6, 6.07) is -0.628. The average molecular weight is 834 g/mol. The third-order valence-electron chi connectivity index (χ3n) is 12.3. The van der Waals surface area contributed by atoms with E-state index in [4.69, 9.17) is 4.74 Å². The molecule has 2 unspecified atom stereocenters. The first kappa shape index (κ1) is 57.6. The van der Waals surface area contributed by atoms with Crippen LogP contribution in [0.5, 0.6) is 0 Å². The van der Waals surface area contributed by atoms with Crippen LogP contribution in [0.2, 0.25) is 0 Å². The van der Waals surface area contributed by atoms with E-state index in [9.17, 15) is 19.8 Å². The highest BCUT2D eigenvalue weighted by molar-refractivity contribution is 5.76. The summed E-state index contributed by atoms with van der Waals surface area (Å²) in [5.41, 5.74) is 0. The maximum atomic E-state index is 12.4. The molecule has 0 heterocycles. The summed E-state index contributed by atoms with van der Waals surface area (Å²) in [5.74, 6) is -0.0646. The molecule has 59 heavy (non-hydrogen) atoms. The van der Waals surface area contributed by atoms with Gasteiger partial charge in [-0.3, -0.25) is 9.59 Å². The van der Waals surface area contributed by atoms with Gasteiger partial charge < -0.3 is 20.3 Å². The number of unbranched alkanes of at least 4 members (excludes halogenated alkanes) is 38. The first-order valence-electron chi connectivity index (χ1n) is 26.5. The number of esters is 1. The Morgan fingerprint density at radius 3 is 1.15 bits per heavy atom. The monoisotopic (exact) mass is 834 g/mol. The van der Waals surface area contributed by atoms with Crippen LogP contribution in [0.3, 0.4) is 0 Å². The highest BCUT2D eigenvalue weighted by Gasteiger charge is 2.18. The Hall–Kier alpha value is -1.40. The van der Waals surface area contributed by atoms with E-state index in [0.717, 1.165) is 38.5 Å². The highest BCUT2D eigenvalue weighted by atomic mass is 16.5. The van der Waals surface area contributed by atoms with Gasteiger partial charge in [0.05, 0.1) is 25.4 Å². The number of carbonyl (C=O) groups excluding carboxylic acids is 2. The minimum atomic E-state index is -0.844. The molecule has 0 aromatic heterocycles. The molecule has 0 rings (SSSR count). The lowest BCUT2D eigenvalue weighted by molar-refractivity contribution is -0.143. The largest absolute Gasteiger partial charge is 0.466 e. The minimum Gasteiger partial charge on any atom is -0.466 e. The maximum Gasteiger partial charge on any atom is 0.305 e. The van der Waals surface area contributed by atoms with E-state index in [1.165, 1.54) is 225 Å². The summed E-state index contributed by atoms with van der Waals surface area (Å²) in [5, 5.41) is 23.0. The molecule has 6 heteroatoms. The van der Waals surface area contributed by atoms with Crippen molar-refractivity contribution in [1.82, 2.24) is 5.32 Å². The van der Waals surface area contributed by atoms with Gasteiger partial charge in [0.2, 0.25) is 5.91 Å². The molecule has 0 saturated heterocycles. The van der Waals surface area contributed by atoms with Crippen LogP contribution in [0.1, 0.15) is 290 Å². The molecule has 0 aromatic rings. The Labute approximate surface area is 368 Å². The predicted molar refractivity (Wildman–Crippen MR) is 255 cm³/mol. The van der Waals surface area contributed by atoms with Crippen LogP contribution in [0.15, 0.2) is 12.2 Å². The van der Waals surface area contributed by atoms with Crippen molar-refractivity contribution in [3.8, 4) is 0 Å². The van der Waals surface area contributed by atoms with Crippen LogP contribution < -0.4 is 5.32 Å². The van der Waals surface area contributed by atoms with Gasteiger partial charge in [0.25, 0.3) is 0 Å². The number of hydrogen-bond acceptors (Lipinski definition) is 5. The molecule has 350 valence electrons. The van der Waals surface area contributed by atoms with Gasteiger partial charge in [0.15, 0.2) is 0 Å². The van der Waals surface area contributed by atoms with Gasteiger partial charge in [0, 0.05) is 12.8 Å². The van der Waals surface area contributed by atoms with Gasteiger partial charge in [-0.15, -0.1) is 0 Å². The van der Waals surface area contributed by atoms with E-state index in [0.29, 0.717) is 19.4 Å². The van der Waals surface area contributed by atoms with E-state index < -0.39 is 12.1 Å². The zero-order chi connectivity index (χ0) is 43.0. The molecule has 0 radical (unpaired) electrons. The fraction of sp³-hybridized carbons (Fsp3) is 0.925. The van der Waals surface area contributed by atoms with Crippen LogP contribution in [0, 0.1) is 0 Å². The van der Waals surface area contributed by atoms with Crippen molar-refractivity contribution in [1.29, 1.82) is 0 Å². The van der Waals surface area contributed by atoms with Gasteiger partial charge in [-0.2, -0.15) is 0 Å². The molecule has 0 fully saturated rings. The summed E-state index contributed by atoms with van der Waals surface area (Å²) >= 11 is 0. The number of amides is 1. The molecule has 2 atom stereocenters. The van der Waals surface area contributed by atoms with Crippen LogP contribution in [-0.4, -0.2) is 47.4 Å². The highest BCUT2D eigenvalue weighted by Crippen LogP contribution is 2.17. The second-order valence-corrected chi connectivity index (χ2v) is 18.2. The Morgan fingerprint density at radius 1 is 0.458 bits per heavy atom. The van der Waals surface area contributed by atoms with Crippen molar-refractivity contribution >= 4 is 11.9 Å². The Bertz CT molecular complexity index is 878. The summed E-state index contributed by atoms with van der Waals surface area (Å²) < 4.78 is 5.47. The van der Waals surface area contributed by atoms with Crippen molar-refractivity contribution in [2.24, 2.45) is 0 Å². The third-order valence-corrected chi connectivity index (χ3v) is 12.3. The first-order valence-corrected chi connectivity index (χ1v) is 26.5. The van der Waals surface area contributed by atoms with E-state index in [1.54, 1.807) is 6.08 Å². The molecular weight excluding hydrogens is 731 g/mol. The summed E-state index contributed by atoms with van der Waals surface area (Å²) in [4.78, 5) is 24.4. The van der Waals surface area contributed by atoms with Crippen molar-refractivity contribution in [2.45, 2.75) is 302 Å². The number of nitrogens with one attached hydrogen (secondary N) is 1. The third kappa shape index (κ3) is 45.9. The molecular formula is C53H103NO5. The second-order valence-electron chi connectivity index (χ2n) is 18.2. The lowest BCUT2D eigenvalue weighted by atomic mass is 10.0. The second kappa shape index (κ2) is 49.3. The SMILES string of the molecule is CCCCCCCCCCC/C=C/C(O)C(CO)NC(=O)CCCCCCCCCCCCCCCCCCCCOC(=O)CCCCCCCCCCCCCCC. The Morgan fingerprint density at radius 2 is 0.780 bits per heavy atom. The van der Waals surface area contributed by atoms with Gasteiger partial charge in [-0.05, 0) is 32.1 Å². The van der Waals surface area contributed by atoms with Gasteiger partial charge in [-0.1, -0.05) is 257 Å². The number of aliphatic hydroxyl groups is 2. The maximum absolute atomic E-state index is 12.4. The molecule has 0 aliphatic heterocycles. The minimum absolute atomic E-state index is 0.00795. The molecule has 0 aliphatic rings. The summed E-state index contributed by atoms with van der Waals surface area (Å²) in [6.45, 7) is 4.89. The Balaban J connectivity index is 3.40. The number of carbonyl (C=O) groups is 2. The first-order chi connectivity index (χ1) is 29.0. The van der Waals surface area contributed by atoms with Crippen LogP contribution in [0.25, 0.3) is 0 Å². The molecule has 0 bridgehead atoms. The van der Waals surface area contributed by atoms with Crippen molar-refractivity contribution in [3.05, 3.63) is 12.2 Å². The lowest BCUT2D eigenvalue weighted by Gasteiger charge is -2.20. The van der Waals surface area contributed by atoms with E-state index in [2.05, 4.69) is 19.2 Å². The van der Waals surface area contributed by atoms with Crippen LogP contribution in [0.4, 0.5) is 0 Å². The standard InChI is InChI=1S/C53H103NO5/c1-3-5-7-9-11-13-15-22-27-31-35-39-43-47-53(58)59-48-44-40-36-32-28-24-21-19-17-16-18-20-23-26-30-34-38-42-46-52(57)54-50(49-55)51(56)45-41-37-33-29-25-14-12-10-8-6-4-2/h41,45,50-51,55-56H,3-40,42-44,46-49H2,1-2H3,(H,54,57)/b45-41+. The van der Waals surface area contributed by atoms with Crippen LogP contribution in [-0.2, 0) is 14.3 Å². The quantitative estimate of drug-likeness (QED) is 0.0322. The Kier molecular flexibility index (Phi) is 48.1. The zero-order valence-corrected chi connectivity index (χ0v) is 39.7. The lowest BCUT2D eigenvalue weighted by Crippen LogP contribution is -2.45. The van der Waals surface area contributed by atoms with E-state index in [-0.39, 0.29) is 18.5 Å². The average Bonchev–Trinajstić information content (AvgIpc) is 3.24. The number of rotatable bonds is 49.